The van der Waals surface area contributed by atoms with Crippen LogP contribution in [0.25, 0.3) is 0 Å². The summed E-state index contributed by atoms with van der Waals surface area (Å²) < 4.78 is 5.02. The first-order valence-electron chi connectivity index (χ1n) is 6.73. The lowest BCUT2D eigenvalue weighted by Crippen LogP contribution is -2.43. The molecule has 3 rings (SSSR count). The zero-order valence-electron chi connectivity index (χ0n) is 11.0. The molecule has 0 amide bonds. The maximum Gasteiger partial charge on any atom is 0.317 e. The smallest absolute Gasteiger partial charge is 0.317 e. The van der Waals surface area contributed by atoms with Crippen molar-refractivity contribution in [3.05, 3.63) is 15.6 Å². The van der Waals surface area contributed by atoms with E-state index in [0.29, 0.717) is 5.92 Å². The van der Waals surface area contributed by atoms with Crippen molar-refractivity contribution in [3.8, 4) is 0 Å². The molecule has 2 fully saturated rings. The van der Waals surface area contributed by atoms with E-state index >= 15 is 0 Å². The molecular formula is C14H19NO2S. The Kier molecular flexibility index (Phi) is 2.93. The van der Waals surface area contributed by atoms with Gasteiger partial charge < -0.3 is 4.74 Å². The van der Waals surface area contributed by atoms with Gasteiger partial charge in [0.15, 0.2) is 0 Å². The molecule has 0 bridgehead atoms. The van der Waals surface area contributed by atoms with E-state index < -0.39 is 0 Å². The molecule has 2 saturated carbocycles. The van der Waals surface area contributed by atoms with Crippen molar-refractivity contribution in [2.24, 2.45) is 0 Å². The lowest BCUT2D eigenvalue weighted by atomic mass is 9.67. The molecule has 0 radical (unpaired) electrons. The zero-order valence-corrected chi connectivity index (χ0v) is 11.8. The van der Waals surface area contributed by atoms with Gasteiger partial charge in [0.05, 0.1) is 17.8 Å². The van der Waals surface area contributed by atoms with Gasteiger partial charge in [-0.25, -0.2) is 4.98 Å². The van der Waals surface area contributed by atoms with E-state index in [0.717, 1.165) is 25.0 Å². The molecule has 1 heterocycles. The quantitative estimate of drug-likeness (QED) is 0.787. The Balaban J connectivity index is 1.94. The number of rotatable bonds is 3. The van der Waals surface area contributed by atoms with Crippen molar-refractivity contribution in [1.29, 1.82) is 0 Å². The van der Waals surface area contributed by atoms with Crippen molar-refractivity contribution >= 4 is 17.3 Å². The van der Waals surface area contributed by atoms with Crippen LogP contribution < -0.4 is 0 Å². The second-order valence-electron chi connectivity index (χ2n) is 5.52. The standard InChI is InChI=1S/C14H19NO2S/c1-9-11(14(7-4-8-14)13(16)17-2)18-12(15-9)10-5-3-6-10/h10H,3-8H2,1-2H3. The molecule has 0 spiro atoms. The minimum Gasteiger partial charge on any atom is -0.468 e. The second-order valence-corrected chi connectivity index (χ2v) is 6.55. The van der Waals surface area contributed by atoms with Gasteiger partial charge in [-0.1, -0.05) is 12.8 Å². The van der Waals surface area contributed by atoms with Crippen LogP contribution in [0.15, 0.2) is 0 Å². The van der Waals surface area contributed by atoms with E-state index in [-0.39, 0.29) is 11.4 Å². The van der Waals surface area contributed by atoms with Crippen LogP contribution in [-0.4, -0.2) is 18.1 Å². The van der Waals surface area contributed by atoms with Crippen LogP contribution in [0.3, 0.4) is 0 Å². The number of esters is 1. The van der Waals surface area contributed by atoms with Gasteiger partial charge in [0, 0.05) is 10.8 Å². The molecule has 0 atom stereocenters. The van der Waals surface area contributed by atoms with Gasteiger partial charge in [-0.3, -0.25) is 4.79 Å². The summed E-state index contributed by atoms with van der Waals surface area (Å²) in [6.45, 7) is 2.04. The van der Waals surface area contributed by atoms with Gasteiger partial charge in [0.25, 0.3) is 0 Å². The third-order valence-electron chi connectivity index (χ3n) is 4.49. The van der Waals surface area contributed by atoms with Crippen LogP contribution in [0.2, 0.25) is 0 Å². The number of nitrogens with zero attached hydrogens (tertiary/aromatic N) is 1. The summed E-state index contributed by atoms with van der Waals surface area (Å²) in [5, 5.41) is 1.24. The fourth-order valence-electron chi connectivity index (χ4n) is 2.94. The fourth-order valence-corrected chi connectivity index (χ4v) is 4.41. The van der Waals surface area contributed by atoms with Crippen molar-refractivity contribution in [2.45, 2.75) is 56.8 Å². The summed E-state index contributed by atoms with van der Waals surface area (Å²) in [6, 6.07) is 0. The molecule has 1 aromatic rings. The minimum absolute atomic E-state index is 0.0688. The first-order valence-corrected chi connectivity index (χ1v) is 7.55. The normalized spacial score (nSPS) is 22.1. The zero-order chi connectivity index (χ0) is 12.8. The predicted octanol–water partition coefficient (Wildman–Crippen LogP) is 3.31. The molecule has 2 aliphatic carbocycles. The molecule has 0 N–H and O–H groups in total. The minimum atomic E-state index is -0.363. The van der Waals surface area contributed by atoms with Crippen molar-refractivity contribution in [2.75, 3.05) is 7.11 Å². The maximum absolute atomic E-state index is 12.1. The third kappa shape index (κ3) is 1.62. The van der Waals surface area contributed by atoms with Crippen LogP contribution in [0.1, 0.15) is 60.0 Å². The Labute approximate surface area is 112 Å². The van der Waals surface area contributed by atoms with Gasteiger partial charge >= 0.3 is 5.97 Å². The average Bonchev–Trinajstić information content (AvgIpc) is 2.56. The number of aryl methyl sites for hydroxylation is 1. The number of carbonyl (C=O) groups is 1. The SMILES string of the molecule is COC(=O)C1(c2sc(C3CCC3)nc2C)CCC1. The number of carbonyl (C=O) groups excluding carboxylic acids is 1. The molecule has 18 heavy (non-hydrogen) atoms. The molecule has 0 aliphatic heterocycles. The molecule has 98 valence electrons. The van der Waals surface area contributed by atoms with Gasteiger partial charge in [-0.2, -0.15) is 0 Å². The summed E-state index contributed by atoms with van der Waals surface area (Å²) in [7, 11) is 1.49. The lowest BCUT2D eigenvalue weighted by Gasteiger charge is -2.38. The molecule has 2 aliphatic rings. The highest BCUT2D eigenvalue weighted by molar-refractivity contribution is 7.12. The second kappa shape index (κ2) is 4.34. The average molecular weight is 265 g/mol. The first kappa shape index (κ1) is 12.2. The van der Waals surface area contributed by atoms with Crippen LogP contribution in [0.4, 0.5) is 0 Å². The summed E-state index contributed by atoms with van der Waals surface area (Å²) in [4.78, 5) is 18.0. The van der Waals surface area contributed by atoms with E-state index in [2.05, 4.69) is 0 Å². The number of methoxy groups -OCH3 is 1. The van der Waals surface area contributed by atoms with Crippen LogP contribution >= 0.6 is 11.3 Å². The molecule has 0 saturated heterocycles. The van der Waals surface area contributed by atoms with Gasteiger partial charge in [-0.05, 0) is 32.6 Å². The fraction of sp³-hybridized carbons (Fsp3) is 0.714. The molecule has 4 heteroatoms. The Hall–Kier alpha value is -0.900. The third-order valence-corrected chi connectivity index (χ3v) is 6.01. The summed E-state index contributed by atoms with van der Waals surface area (Å²) in [5.41, 5.74) is 0.686. The van der Waals surface area contributed by atoms with E-state index in [1.807, 2.05) is 6.92 Å². The van der Waals surface area contributed by atoms with E-state index in [1.165, 1.54) is 36.3 Å². The highest BCUT2D eigenvalue weighted by atomic mass is 32.1. The van der Waals surface area contributed by atoms with Crippen molar-refractivity contribution in [1.82, 2.24) is 4.98 Å². The van der Waals surface area contributed by atoms with Crippen LogP contribution in [0, 0.1) is 6.92 Å². The van der Waals surface area contributed by atoms with Crippen LogP contribution in [-0.2, 0) is 14.9 Å². The largest absolute Gasteiger partial charge is 0.468 e. The summed E-state index contributed by atoms with van der Waals surface area (Å²) in [6.07, 6.45) is 6.81. The first-order chi connectivity index (χ1) is 8.67. The topological polar surface area (TPSA) is 39.2 Å². The molecule has 3 nitrogen and oxygen atoms in total. The summed E-state index contributed by atoms with van der Waals surface area (Å²) in [5.74, 6) is 0.581. The van der Waals surface area contributed by atoms with E-state index in [9.17, 15) is 4.79 Å². The number of thiazole rings is 1. The van der Waals surface area contributed by atoms with Gasteiger partial charge in [0.2, 0.25) is 0 Å². The lowest BCUT2D eigenvalue weighted by molar-refractivity contribution is -0.151. The molecular weight excluding hydrogens is 246 g/mol. The number of hydrogen-bond acceptors (Lipinski definition) is 4. The number of aromatic nitrogens is 1. The Morgan fingerprint density at radius 1 is 1.39 bits per heavy atom. The van der Waals surface area contributed by atoms with Crippen molar-refractivity contribution < 1.29 is 9.53 Å². The highest BCUT2D eigenvalue weighted by Gasteiger charge is 2.49. The maximum atomic E-state index is 12.1. The molecule has 0 aromatic carbocycles. The Bertz CT molecular complexity index is 472. The number of ether oxygens (including phenoxy) is 1. The summed E-state index contributed by atoms with van der Waals surface area (Å²) >= 11 is 1.76. The Morgan fingerprint density at radius 2 is 2.11 bits per heavy atom. The van der Waals surface area contributed by atoms with E-state index in [1.54, 1.807) is 11.3 Å². The Morgan fingerprint density at radius 3 is 2.56 bits per heavy atom. The van der Waals surface area contributed by atoms with Crippen molar-refractivity contribution in [3.63, 3.8) is 0 Å². The van der Waals surface area contributed by atoms with Gasteiger partial charge in [-0.15, -0.1) is 11.3 Å². The predicted molar refractivity (Wildman–Crippen MR) is 71.0 cm³/mol. The molecule has 1 aromatic heterocycles. The number of hydrogen-bond donors (Lipinski definition) is 0. The van der Waals surface area contributed by atoms with E-state index in [4.69, 9.17) is 9.72 Å². The molecule has 0 unspecified atom stereocenters. The van der Waals surface area contributed by atoms with Gasteiger partial charge in [0.1, 0.15) is 5.41 Å². The highest BCUT2D eigenvalue weighted by Crippen LogP contribution is 2.50. The monoisotopic (exact) mass is 265 g/mol. The van der Waals surface area contributed by atoms with Crippen LogP contribution in [0.5, 0.6) is 0 Å².